The summed E-state index contributed by atoms with van der Waals surface area (Å²) < 4.78 is 11.2. The van der Waals surface area contributed by atoms with E-state index in [9.17, 15) is 10.1 Å². The standard InChI is InChI=1S/C16H17NO5/c1-2-21-16-9-13(10-18)5-8-15(16)22-11-12-3-6-14(7-4-12)17(19)20/h3-9,18H,2,10-11H2,1H3. The molecule has 22 heavy (non-hydrogen) atoms. The largest absolute Gasteiger partial charge is 0.490 e. The van der Waals surface area contributed by atoms with Gasteiger partial charge in [0.15, 0.2) is 11.5 Å². The highest BCUT2D eigenvalue weighted by atomic mass is 16.6. The van der Waals surface area contributed by atoms with Crippen LogP contribution in [0.4, 0.5) is 5.69 Å². The van der Waals surface area contributed by atoms with Gasteiger partial charge in [-0.2, -0.15) is 0 Å². The van der Waals surface area contributed by atoms with Crippen molar-refractivity contribution in [1.29, 1.82) is 0 Å². The molecule has 0 atom stereocenters. The lowest BCUT2D eigenvalue weighted by Gasteiger charge is -2.13. The molecule has 6 heteroatoms. The van der Waals surface area contributed by atoms with Crippen LogP contribution in [0.5, 0.6) is 11.5 Å². The lowest BCUT2D eigenvalue weighted by molar-refractivity contribution is -0.384. The van der Waals surface area contributed by atoms with Gasteiger partial charge in [0.1, 0.15) is 6.61 Å². The van der Waals surface area contributed by atoms with E-state index < -0.39 is 4.92 Å². The van der Waals surface area contributed by atoms with Crippen LogP contribution >= 0.6 is 0 Å². The van der Waals surface area contributed by atoms with E-state index in [1.165, 1.54) is 12.1 Å². The molecule has 2 aromatic carbocycles. The summed E-state index contributed by atoms with van der Waals surface area (Å²) in [7, 11) is 0. The molecule has 0 aliphatic heterocycles. The van der Waals surface area contributed by atoms with Crippen LogP contribution in [0.1, 0.15) is 18.1 Å². The predicted octanol–water partition coefficient (Wildman–Crippen LogP) is 3.06. The normalized spacial score (nSPS) is 10.3. The Morgan fingerprint density at radius 1 is 1.05 bits per heavy atom. The zero-order chi connectivity index (χ0) is 15.9. The number of nitro benzene ring substituents is 1. The van der Waals surface area contributed by atoms with Crippen LogP contribution in [-0.4, -0.2) is 16.6 Å². The maximum atomic E-state index is 10.6. The van der Waals surface area contributed by atoms with E-state index in [0.717, 1.165) is 11.1 Å². The molecule has 0 unspecified atom stereocenters. The summed E-state index contributed by atoms with van der Waals surface area (Å²) >= 11 is 0. The van der Waals surface area contributed by atoms with Crippen LogP contribution in [0.3, 0.4) is 0 Å². The van der Waals surface area contributed by atoms with E-state index in [2.05, 4.69) is 0 Å². The van der Waals surface area contributed by atoms with Crippen LogP contribution in [0.25, 0.3) is 0 Å². The number of non-ortho nitro benzene ring substituents is 1. The Hall–Kier alpha value is -2.60. The first kappa shape index (κ1) is 15.8. The van der Waals surface area contributed by atoms with Crippen molar-refractivity contribution in [3.63, 3.8) is 0 Å². The summed E-state index contributed by atoms with van der Waals surface area (Å²) in [5.41, 5.74) is 1.61. The lowest BCUT2D eigenvalue weighted by atomic mass is 10.2. The molecule has 6 nitrogen and oxygen atoms in total. The first-order chi connectivity index (χ1) is 10.6. The maximum Gasteiger partial charge on any atom is 0.269 e. The molecule has 0 saturated heterocycles. The zero-order valence-corrected chi connectivity index (χ0v) is 12.2. The van der Waals surface area contributed by atoms with Crippen LogP contribution < -0.4 is 9.47 Å². The van der Waals surface area contributed by atoms with Crippen LogP contribution in [0.15, 0.2) is 42.5 Å². The number of hydrogen-bond acceptors (Lipinski definition) is 5. The van der Waals surface area contributed by atoms with E-state index in [1.807, 2.05) is 6.92 Å². The van der Waals surface area contributed by atoms with E-state index in [0.29, 0.717) is 18.1 Å². The Labute approximate surface area is 128 Å². The second kappa shape index (κ2) is 7.42. The molecule has 0 amide bonds. The minimum Gasteiger partial charge on any atom is -0.490 e. The highest BCUT2D eigenvalue weighted by molar-refractivity contribution is 5.43. The van der Waals surface area contributed by atoms with Gasteiger partial charge in [0.2, 0.25) is 0 Å². The van der Waals surface area contributed by atoms with Crippen molar-refractivity contribution in [3.05, 3.63) is 63.7 Å². The number of nitrogens with zero attached hydrogens (tertiary/aromatic N) is 1. The number of aliphatic hydroxyl groups excluding tert-OH is 1. The van der Waals surface area contributed by atoms with Crippen LogP contribution in [0.2, 0.25) is 0 Å². The average Bonchev–Trinajstić information content (AvgIpc) is 2.54. The quantitative estimate of drug-likeness (QED) is 0.628. The van der Waals surface area contributed by atoms with Crippen LogP contribution in [0, 0.1) is 10.1 Å². The van der Waals surface area contributed by atoms with Crippen molar-refractivity contribution in [3.8, 4) is 11.5 Å². The number of rotatable bonds is 7. The molecular formula is C16H17NO5. The number of nitro groups is 1. The molecule has 0 aliphatic carbocycles. The average molecular weight is 303 g/mol. The third kappa shape index (κ3) is 3.95. The van der Waals surface area contributed by atoms with Crippen molar-refractivity contribution in [2.45, 2.75) is 20.1 Å². The molecule has 0 heterocycles. The Kier molecular flexibility index (Phi) is 5.32. The van der Waals surface area contributed by atoms with E-state index in [1.54, 1.807) is 30.3 Å². The Balaban J connectivity index is 2.08. The second-order valence-electron chi connectivity index (χ2n) is 4.58. The monoisotopic (exact) mass is 303 g/mol. The smallest absolute Gasteiger partial charge is 0.269 e. The summed E-state index contributed by atoms with van der Waals surface area (Å²) in [5.74, 6) is 1.13. The van der Waals surface area contributed by atoms with Gasteiger partial charge in [-0.15, -0.1) is 0 Å². The van der Waals surface area contributed by atoms with Crippen molar-refractivity contribution < 1.29 is 19.5 Å². The van der Waals surface area contributed by atoms with Crippen molar-refractivity contribution in [2.24, 2.45) is 0 Å². The van der Waals surface area contributed by atoms with Gasteiger partial charge in [-0.3, -0.25) is 10.1 Å². The Morgan fingerprint density at radius 3 is 2.32 bits per heavy atom. The number of aliphatic hydroxyl groups is 1. The molecule has 116 valence electrons. The van der Waals surface area contributed by atoms with E-state index in [-0.39, 0.29) is 18.9 Å². The SMILES string of the molecule is CCOc1cc(CO)ccc1OCc1ccc([N+](=O)[O-])cc1. The van der Waals surface area contributed by atoms with Crippen molar-refractivity contribution >= 4 is 5.69 Å². The minimum atomic E-state index is -0.439. The second-order valence-corrected chi connectivity index (χ2v) is 4.58. The minimum absolute atomic E-state index is 0.0473. The number of benzene rings is 2. The first-order valence-electron chi connectivity index (χ1n) is 6.86. The molecule has 0 bridgehead atoms. The van der Waals surface area contributed by atoms with Crippen molar-refractivity contribution in [2.75, 3.05) is 6.61 Å². The Morgan fingerprint density at radius 2 is 1.73 bits per heavy atom. The highest BCUT2D eigenvalue weighted by Crippen LogP contribution is 2.29. The summed E-state index contributed by atoms with van der Waals surface area (Å²) in [6.45, 7) is 2.56. The summed E-state index contributed by atoms with van der Waals surface area (Å²) in [6, 6.07) is 11.4. The predicted molar refractivity (Wildman–Crippen MR) is 81.0 cm³/mol. The molecule has 0 spiro atoms. The Bertz CT molecular complexity index is 639. The molecule has 2 rings (SSSR count). The third-order valence-electron chi connectivity index (χ3n) is 3.03. The fourth-order valence-corrected chi connectivity index (χ4v) is 1.91. The molecule has 0 radical (unpaired) electrons. The van der Waals surface area contributed by atoms with Gasteiger partial charge in [0, 0.05) is 12.1 Å². The summed E-state index contributed by atoms with van der Waals surface area (Å²) in [4.78, 5) is 10.2. The zero-order valence-electron chi connectivity index (χ0n) is 12.2. The van der Waals surface area contributed by atoms with Crippen molar-refractivity contribution in [1.82, 2.24) is 0 Å². The van der Waals surface area contributed by atoms with E-state index in [4.69, 9.17) is 14.6 Å². The van der Waals surface area contributed by atoms with Gasteiger partial charge >= 0.3 is 0 Å². The van der Waals surface area contributed by atoms with Gasteiger partial charge in [-0.1, -0.05) is 6.07 Å². The number of hydrogen-bond donors (Lipinski definition) is 1. The molecule has 1 N–H and O–H groups in total. The maximum absolute atomic E-state index is 10.6. The molecule has 0 aliphatic rings. The molecule has 0 fully saturated rings. The van der Waals surface area contributed by atoms with Gasteiger partial charge in [0.05, 0.1) is 18.1 Å². The van der Waals surface area contributed by atoms with Crippen LogP contribution in [-0.2, 0) is 13.2 Å². The van der Waals surface area contributed by atoms with Gasteiger partial charge in [0.25, 0.3) is 5.69 Å². The summed E-state index contributed by atoms with van der Waals surface area (Å²) in [5, 5.41) is 19.8. The van der Waals surface area contributed by atoms with Gasteiger partial charge < -0.3 is 14.6 Å². The van der Waals surface area contributed by atoms with E-state index >= 15 is 0 Å². The topological polar surface area (TPSA) is 81.8 Å². The fraction of sp³-hybridized carbons (Fsp3) is 0.250. The molecule has 0 saturated carbocycles. The summed E-state index contributed by atoms with van der Waals surface area (Å²) in [6.07, 6.45) is 0. The fourth-order valence-electron chi connectivity index (χ4n) is 1.91. The molecule has 0 aromatic heterocycles. The highest BCUT2D eigenvalue weighted by Gasteiger charge is 2.08. The first-order valence-corrected chi connectivity index (χ1v) is 6.86. The third-order valence-corrected chi connectivity index (χ3v) is 3.03. The number of ether oxygens (including phenoxy) is 2. The molecule has 2 aromatic rings. The van der Waals surface area contributed by atoms with Gasteiger partial charge in [-0.25, -0.2) is 0 Å². The molecular weight excluding hydrogens is 286 g/mol. The van der Waals surface area contributed by atoms with Gasteiger partial charge in [-0.05, 0) is 42.3 Å². The lowest BCUT2D eigenvalue weighted by Crippen LogP contribution is -2.00.